The summed E-state index contributed by atoms with van der Waals surface area (Å²) >= 11 is 5.81. The van der Waals surface area contributed by atoms with Crippen molar-refractivity contribution in [3.8, 4) is 0 Å². The van der Waals surface area contributed by atoms with Crippen molar-refractivity contribution in [2.45, 2.75) is 19.8 Å². The summed E-state index contributed by atoms with van der Waals surface area (Å²) in [6.45, 7) is 2.44. The standard InChI is InChI=1S/C11H15ClN2O/c1-8-7-9(12)4-5-10(8)14-11(15)3-2-6-13/h4-5,7H,2-3,6,13H2,1H3,(H,14,15). The fraction of sp³-hybridized carbons (Fsp3) is 0.364. The minimum absolute atomic E-state index is 0.00845. The zero-order chi connectivity index (χ0) is 11.3. The molecule has 0 aliphatic heterocycles. The summed E-state index contributed by atoms with van der Waals surface area (Å²) in [6, 6.07) is 5.38. The number of nitrogens with one attached hydrogen (secondary N) is 1. The largest absolute Gasteiger partial charge is 0.330 e. The van der Waals surface area contributed by atoms with Crippen LogP contribution in [0.3, 0.4) is 0 Å². The molecular formula is C11H15ClN2O. The van der Waals surface area contributed by atoms with Gasteiger partial charge in [0.25, 0.3) is 0 Å². The highest BCUT2D eigenvalue weighted by Gasteiger charge is 2.04. The smallest absolute Gasteiger partial charge is 0.224 e. The number of halogens is 1. The number of amides is 1. The number of benzene rings is 1. The van der Waals surface area contributed by atoms with Crippen LogP contribution in [-0.2, 0) is 4.79 Å². The third-order valence-corrected chi connectivity index (χ3v) is 2.31. The Kier molecular flexibility index (Phi) is 4.59. The van der Waals surface area contributed by atoms with Crippen molar-refractivity contribution < 1.29 is 4.79 Å². The third-order valence-electron chi connectivity index (χ3n) is 2.07. The fourth-order valence-electron chi connectivity index (χ4n) is 1.24. The van der Waals surface area contributed by atoms with Gasteiger partial charge in [0.15, 0.2) is 0 Å². The van der Waals surface area contributed by atoms with E-state index in [0.717, 1.165) is 11.3 Å². The minimum atomic E-state index is -0.00845. The first-order valence-corrected chi connectivity index (χ1v) is 5.27. The van der Waals surface area contributed by atoms with E-state index in [-0.39, 0.29) is 5.91 Å². The van der Waals surface area contributed by atoms with Crippen LogP contribution in [0, 0.1) is 6.92 Å². The van der Waals surface area contributed by atoms with E-state index in [1.165, 1.54) is 0 Å². The van der Waals surface area contributed by atoms with Gasteiger partial charge in [0.1, 0.15) is 0 Å². The molecule has 0 saturated carbocycles. The lowest BCUT2D eigenvalue weighted by Crippen LogP contribution is -2.14. The van der Waals surface area contributed by atoms with Gasteiger partial charge in [-0.3, -0.25) is 4.79 Å². The topological polar surface area (TPSA) is 55.1 Å². The lowest BCUT2D eigenvalue weighted by atomic mass is 10.2. The van der Waals surface area contributed by atoms with Crippen LogP contribution in [0.15, 0.2) is 18.2 Å². The lowest BCUT2D eigenvalue weighted by molar-refractivity contribution is -0.116. The molecule has 0 unspecified atom stereocenters. The van der Waals surface area contributed by atoms with Crippen LogP contribution >= 0.6 is 11.6 Å². The highest BCUT2D eigenvalue weighted by atomic mass is 35.5. The maximum absolute atomic E-state index is 11.4. The molecule has 1 aromatic rings. The molecule has 15 heavy (non-hydrogen) atoms. The number of rotatable bonds is 4. The van der Waals surface area contributed by atoms with E-state index >= 15 is 0 Å². The van der Waals surface area contributed by atoms with E-state index in [4.69, 9.17) is 17.3 Å². The Labute approximate surface area is 94.6 Å². The van der Waals surface area contributed by atoms with Gasteiger partial charge in [-0.05, 0) is 43.7 Å². The van der Waals surface area contributed by atoms with Gasteiger partial charge in [-0.1, -0.05) is 11.6 Å². The summed E-state index contributed by atoms with van der Waals surface area (Å²) in [5, 5.41) is 3.49. The lowest BCUT2D eigenvalue weighted by Gasteiger charge is -2.08. The Hall–Kier alpha value is -1.06. The molecule has 4 heteroatoms. The van der Waals surface area contributed by atoms with E-state index in [1.807, 2.05) is 13.0 Å². The fourth-order valence-corrected chi connectivity index (χ4v) is 1.47. The van der Waals surface area contributed by atoms with Crippen LogP contribution in [0.25, 0.3) is 0 Å². The predicted octanol–water partition coefficient (Wildman–Crippen LogP) is 2.33. The van der Waals surface area contributed by atoms with Gasteiger partial charge in [0.2, 0.25) is 5.91 Å². The van der Waals surface area contributed by atoms with Crippen LogP contribution in [0.2, 0.25) is 5.02 Å². The summed E-state index contributed by atoms with van der Waals surface area (Å²) in [5.41, 5.74) is 7.09. The minimum Gasteiger partial charge on any atom is -0.330 e. The second-order valence-corrected chi connectivity index (χ2v) is 3.84. The molecule has 1 aromatic carbocycles. The van der Waals surface area contributed by atoms with E-state index in [9.17, 15) is 4.79 Å². The Morgan fingerprint density at radius 2 is 2.27 bits per heavy atom. The summed E-state index contributed by atoms with van der Waals surface area (Å²) in [4.78, 5) is 11.4. The third kappa shape index (κ3) is 3.90. The highest BCUT2D eigenvalue weighted by Crippen LogP contribution is 2.19. The first kappa shape index (κ1) is 12.0. The van der Waals surface area contributed by atoms with Crippen LogP contribution in [0.4, 0.5) is 5.69 Å². The molecule has 0 bridgehead atoms. The molecule has 0 aliphatic rings. The first-order valence-electron chi connectivity index (χ1n) is 4.89. The van der Waals surface area contributed by atoms with Crippen LogP contribution in [0.5, 0.6) is 0 Å². The number of anilines is 1. The molecule has 1 amide bonds. The molecule has 0 aliphatic carbocycles. The number of aryl methyl sites for hydroxylation is 1. The zero-order valence-electron chi connectivity index (χ0n) is 8.72. The average Bonchev–Trinajstić information content (AvgIpc) is 2.19. The van der Waals surface area contributed by atoms with Crippen LogP contribution in [-0.4, -0.2) is 12.5 Å². The summed E-state index contributed by atoms with van der Waals surface area (Å²) in [6.07, 6.45) is 1.16. The molecular weight excluding hydrogens is 212 g/mol. The quantitative estimate of drug-likeness (QED) is 0.828. The van der Waals surface area contributed by atoms with Crippen molar-refractivity contribution in [1.29, 1.82) is 0 Å². The number of carbonyl (C=O) groups excluding carboxylic acids is 1. The molecule has 82 valence electrons. The van der Waals surface area contributed by atoms with Crippen molar-refractivity contribution in [3.05, 3.63) is 28.8 Å². The molecule has 0 aromatic heterocycles. The van der Waals surface area contributed by atoms with Crippen molar-refractivity contribution in [3.63, 3.8) is 0 Å². The highest BCUT2D eigenvalue weighted by molar-refractivity contribution is 6.30. The van der Waals surface area contributed by atoms with E-state index in [0.29, 0.717) is 24.4 Å². The first-order chi connectivity index (χ1) is 7.13. The molecule has 3 N–H and O–H groups in total. The van der Waals surface area contributed by atoms with Crippen molar-refractivity contribution in [1.82, 2.24) is 0 Å². The SMILES string of the molecule is Cc1cc(Cl)ccc1NC(=O)CCCN. The van der Waals surface area contributed by atoms with E-state index < -0.39 is 0 Å². The summed E-state index contributed by atoms with van der Waals surface area (Å²) in [5.74, 6) is -0.00845. The summed E-state index contributed by atoms with van der Waals surface area (Å²) < 4.78 is 0. The number of carbonyl (C=O) groups is 1. The normalized spacial score (nSPS) is 10.1. The van der Waals surface area contributed by atoms with Crippen LogP contribution in [0.1, 0.15) is 18.4 Å². The maximum atomic E-state index is 11.4. The molecule has 3 nitrogen and oxygen atoms in total. The zero-order valence-corrected chi connectivity index (χ0v) is 9.47. The van der Waals surface area contributed by atoms with Gasteiger partial charge >= 0.3 is 0 Å². The Balaban J connectivity index is 2.60. The molecule has 0 heterocycles. The second kappa shape index (κ2) is 5.73. The van der Waals surface area contributed by atoms with Crippen molar-refractivity contribution in [2.24, 2.45) is 5.73 Å². The summed E-state index contributed by atoms with van der Waals surface area (Å²) in [7, 11) is 0. The molecule has 0 spiro atoms. The molecule has 0 fully saturated rings. The van der Waals surface area contributed by atoms with Crippen molar-refractivity contribution in [2.75, 3.05) is 11.9 Å². The van der Waals surface area contributed by atoms with E-state index in [1.54, 1.807) is 12.1 Å². The monoisotopic (exact) mass is 226 g/mol. The van der Waals surface area contributed by atoms with Gasteiger partial charge in [-0.25, -0.2) is 0 Å². The molecule has 0 atom stereocenters. The number of nitrogens with two attached hydrogens (primary N) is 1. The molecule has 1 rings (SSSR count). The Morgan fingerprint density at radius 1 is 1.53 bits per heavy atom. The van der Waals surface area contributed by atoms with Gasteiger partial charge in [0, 0.05) is 17.1 Å². The van der Waals surface area contributed by atoms with Gasteiger partial charge in [-0.15, -0.1) is 0 Å². The van der Waals surface area contributed by atoms with Crippen LogP contribution < -0.4 is 11.1 Å². The van der Waals surface area contributed by atoms with Crippen molar-refractivity contribution >= 4 is 23.2 Å². The Bertz CT molecular complexity index is 352. The van der Waals surface area contributed by atoms with E-state index in [2.05, 4.69) is 5.32 Å². The number of hydrogen-bond acceptors (Lipinski definition) is 2. The van der Waals surface area contributed by atoms with Gasteiger partial charge in [-0.2, -0.15) is 0 Å². The van der Waals surface area contributed by atoms with Gasteiger partial charge < -0.3 is 11.1 Å². The second-order valence-electron chi connectivity index (χ2n) is 3.40. The maximum Gasteiger partial charge on any atom is 0.224 e. The molecule has 0 radical (unpaired) electrons. The average molecular weight is 227 g/mol. The predicted molar refractivity (Wildman–Crippen MR) is 63.1 cm³/mol. The molecule has 0 saturated heterocycles. The van der Waals surface area contributed by atoms with Gasteiger partial charge in [0.05, 0.1) is 0 Å². The Morgan fingerprint density at radius 3 is 2.87 bits per heavy atom. The number of hydrogen-bond donors (Lipinski definition) is 2.